The van der Waals surface area contributed by atoms with Crippen LogP contribution in [0.3, 0.4) is 0 Å². The number of hydrogen-bond acceptors (Lipinski definition) is 3. The van der Waals surface area contributed by atoms with Crippen LogP contribution in [0.2, 0.25) is 0 Å². The second kappa shape index (κ2) is 7.17. The molecule has 0 rings (SSSR count). The molecule has 0 aliphatic rings. The first-order valence-corrected chi connectivity index (χ1v) is 5.48. The zero-order chi connectivity index (χ0) is 15.1. The van der Waals surface area contributed by atoms with Crippen molar-refractivity contribution >= 4 is 12.0 Å². The average molecular weight is 286 g/mol. The molecule has 0 spiro atoms. The van der Waals surface area contributed by atoms with Crippen LogP contribution in [0.1, 0.15) is 20.3 Å². The summed E-state index contributed by atoms with van der Waals surface area (Å²) in [6.07, 6.45) is -4.17. The number of amides is 2. The maximum Gasteiger partial charge on any atom is 0.411 e. The number of carboxylic acids is 1. The highest BCUT2D eigenvalue weighted by Gasteiger charge is 2.29. The molecule has 0 aliphatic carbocycles. The highest BCUT2D eigenvalue weighted by molar-refractivity contribution is 5.85. The molecule has 0 heterocycles. The summed E-state index contributed by atoms with van der Waals surface area (Å²) in [7, 11) is 0. The number of ether oxygens (including phenoxy) is 1. The molecule has 2 amide bonds. The Morgan fingerprint density at radius 3 is 2.32 bits per heavy atom. The van der Waals surface area contributed by atoms with E-state index in [1.807, 2.05) is 0 Å². The monoisotopic (exact) mass is 286 g/mol. The van der Waals surface area contributed by atoms with Crippen LogP contribution in [0, 0.1) is 0 Å². The number of carboxylic acid groups (broad SMARTS) is 1. The van der Waals surface area contributed by atoms with Gasteiger partial charge in [0.05, 0.1) is 0 Å². The normalized spacial score (nSPS) is 12.1. The fourth-order valence-electron chi connectivity index (χ4n) is 0.946. The summed E-state index contributed by atoms with van der Waals surface area (Å²) in [5, 5.41) is 13.3. The van der Waals surface area contributed by atoms with Gasteiger partial charge in [-0.15, -0.1) is 0 Å². The number of hydrogen-bond donors (Lipinski definition) is 3. The molecule has 0 unspecified atom stereocenters. The molecule has 0 radical (unpaired) electrons. The third kappa shape index (κ3) is 9.11. The number of rotatable bonds is 7. The van der Waals surface area contributed by atoms with Crippen molar-refractivity contribution in [2.75, 3.05) is 19.8 Å². The minimum atomic E-state index is -4.36. The van der Waals surface area contributed by atoms with Crippen LogP contribution < -0.4 is 10.6 Å². The minimum absolute atomic E-state index is 0.0827. The molecule has 0 aromatic rings. The van der Waals surface area contributed by atoms with Gasteiger partial charge in [-0.1, -0.05) is 0 Å². The van der Waals surface area contributed by atoms with Gasteiger partial charge in [-0.05, 0) is 20.3 Å². The third-order valence-corrected chi connectivity index (χ3v) is 1.98. The van der Waals surface area contributed by atoms with E-state index in [1.165, 1.54) is 13.8 Å². The lowest BCUT2D eigenvalue weighted by Gasteiger charge is -2.21. The molecular formula is C10H17F3N2O4. The molecule has 19 heavy (non-hydrogen) atoms. The molecule has 0 fully saturated rings. The molecule has 0 saturated carbocycles. The Hall–Kier alpha value is -1.51. The molecular weight excluding hydrogens is 269 g/mol. The van der Waals surface area contributed by atoms with Gasteiger partial charge in [0.25, 0.3) is 0 Å². The zero-order valence-corrected chi connectivity index (χ0v) is 10.6. The highest BCUT2D eigenvalue weighted by Crippen LogP contribution is 2.14. The summed E-state index contributed by atoms with van der Waals surface area (Å²) in [4.78, 5) is 21.9. The van der Waals surface area contributed by atoms with Gasteiger partial charge in [0.2, 0.25) is 0 Å². The SMILES string of the molecule is CC(C)(NC(=O)NCCCOCC(F)(F)F)C(=O)O. The molecule has 0 atom stereocenters. The number of alkyl halides is 3. The molecule has 0 aliphatic heterocycles. The molecule has 0 aromatic heterocycles. The van der Waals surface area contributed by atoms with E-state index in [1.54, 1.807) is 0 Å². The summed E-state index contributed by atoms with van der Waals surface area (Å²) in [5.74, 6) is -1.20. The third-order valence-electron chi connectivity index (χ3n) is 1.98. The van der Waals surface area contributed by atoms with Crippen molar-refractivity contribution in [3.8, 4) is 0 Å². The van der Waals surface area contributed by atoms with Crippen molar-refractivity contribution in [3.05, 3.63) is 0 Å². The van der Waals surface area contributed by atoms with Crippen LogP contribution in [-0.2, 0) is 9.53 Å². The van der Waals surface area contributed by atoms with Crippen molar-refractivity contribution in [1.29, 1.82) is 0 Å². The summed E-state index contributed by atoms with van der Waals surface area (Å²) >= 11 is 0. The maximum atomic E-state index is 11.7. The number of carbonyl (C=O) groups is 2. The van der Waals surface area contributed by atoms with E-state index < -0.39 is 30.3 Å². The number of urea groups is 1. The van der Waals surface area contributed by atoms with Gasteiger partial charge in [-0.2, -0.15) is 13.2 Å². The predicted molar refractivity (Wildman–Crippen MR) is 59.7 cm³/mol. The Bertz CT molecular complexity index is 318. The first-order valence-electron chi connectivity index (χ1n) is 5.48. The lowest BCUT2D eigenvalue weighted by Crippen LogP contribution is -2.53. The van der Waals surface area contributed by atoms with E-state index in [0.29, 0.717) is 0 Å². The van der Waals surface area contributed by atoms with E-state index in [0.717, 1.165) is 0 Å². The Morgan fingerprint density at radius 2 is 1.84 bits per heavy atom. The standard InChI is InChI=1S/C10H17F3N2O4/c1-9(2,7(16)17)15-8(18)14-4-3-5-19-6-10(11,12)13/h3-6H2,1-2H3,(H,16,17)(H2,14,15,18). The van der Waals surface area contributed by atoms with Gasteiger partial charge in [0.1, 0.15) is 12.1 Å². The highest BCUT2D eigenvalue weighted by atomic mass is 19.4. The lowest BCUT2D eigenvalue weighted by atomic mass is 10.1. The Balaban J connectivity index is 3.68. The van der Waals surface area contributed by atoms with E-state index >= 15 is 0 Å². The second-order valence-corrected chi connectivity index (χ2v) is 4.33. The molecule has 0 saturated heterocycles. The van der Waals surface area contributed by atoms with Crippen molar-refractivity contribution in [2.45, 2.75) is 32.0 Å². The molecule has 6 nitrogen and oxygen atoms in total. The van der Waals surface area contributed by atoms with E-state index in [2.05, 4.69) is 15.4 Å². The van der Waals surface area contributed by atoms with Crippen molar-refractivity contribution in [2.24, 2.45) is 0 Å². The Kier molecular flexibility index (Phi) is 6.60. The summed E-state index contributed by atoms with van der Waals surface area (Å²) in [6.45, 7) is 1.22. The van der Waals surface area contributed by atoms with Crippen molar-refractivity contribution in [1.82, 2.24) is 10.6 Å². The largest absolute Gasteiger partial charge is 0.480 e. The van der Waals surface area contributed by atoms with Gasteiger partial charge in [-0.3, -0.25) is 0 Å². The van der Waals surface area contributed by atoms with Crippen LogP contribution in [0.25, 0.3) is 0 Å². The second-order valence-electron chi connectivity index (χ2n) is 4.33. The van der Waals surface area contributed by atoms with Crippen molar-refractivity contribution < 1.29 is 32.6 Å². The first-order chi connectivity index (χ1) is 8.54. The van der Waals surface area contributed by atoms with E-state index in [-0.39, 0.29) is 19.6 Å². The fraction of sp³-hybridized carbons (Fsp3) is 0.800. The summed E-state index contributed by atoms with van der Waals surface area (Å²) < 4.78 is 39.4. The predicted octanol–water partition coefficient (Wildman–Crippen LogP) is 1.12. The zero-order valence-electron chi connectivity index (χ0n) is 10.6. The number of aliphatic carboxylic acids is 1. The van der Waals surface area contributed by atoms with Gasteiger partial charge in [-0.25, -0.2) is 9.59 Å². The smallest absolute Gasteiger partial charge is 0.411 e. The van der Waals surface area contributed by atoms with Gasteiger partial charge >= 0.3 is 18.2 Å². The van der Waals surface area contributed by atoms with Crippen LogP contribution in [-0.4, -0.2) is 48.6 Å². The Labute approximate surface area is 108 Å². The lowest BCUT2D eigenvalue weighted by molar-refractivity contribution is -0.173. The molecule has 112 valence electrons. The Morgan fingerprint density at radius 1 is 1.26 bits per heavy atom. The van der Waals surface area contributed by atoms with Crippen LogP contribution in [0.4, 0.5) is 18.0 Å². The first kappa shape index (κ1) is 17.5. The van der Waals surface area contributed by atoms with Crippen LogP contribution in [0.5, 0.6) is 0 Å². The van der Waals surface area contributed by atoms with Gasteiger partial charge in [0, 0.05) is 13.2 Å². The summed E-state index contributed by atoms with van der Waals surface area (Å²) in [6, 6.07) is -0.705. The quantitative estimate of drug-likeness (QED) is 0.612. The summed E-state index contributed by atoms with van der Waals surface area (Å²) in [5.41, 5.74) is -1.42. The van der Waals surface area contributed by atoms with Crippen molar-refractivity contribution in [3.63, 3.8) is 0 Å². The topological polar surface area (TPSA) is 87.7 Å². The van der Waals surface area contributed by atoms with Crippen LogP contribution >= 0.6 is 0 Å². The van der Waals surface area contributed by atoms with Gasteiger partial charge in [0.15, 0.2) is 0 Å². The molecule has 0 bridgehead atoms. The minimum Gasteiger partial charge on any atom is -0.480 e. The van der Waals surface area contributed by atoms with Gasteiger partial charge < -0.3 is 20.5 Å². The number of halogens is 3. The fourth-order valence-corrected chi connectivity index (χ4v) is 0.946. The molecule has 9 heteroatoms. The number of nitrogens with one attached hydrogen (secondary N) is 2. The van der Waals surface area contributed by atoms with E-state index in [4.69, 9.17) is 5.11 Å². The van der Waals surface area contributed by atoms with E-state index in [9.17, 15) is 22.8 Å². The molecule has 3 N–H and O–H groups in total. The average Bonchev–Trinajstić information content (AvgIpc) is 2.20. The number of carbonyl (C=O) groups excluding carboxylic acids is 1. The van der Waals surface area contributed by atoms with Crippen LogP contribution in [0.15, 0.2) is 0 Å². The maximum absolute atomic E-state index is 11.7. The molecule has 0 aromatic carbocycles.